The van der Waals surface area contributed by atoms with E-state index in [4.69, 9.17) is 9.84 Å². The topological polar surface area (TPSA) is 86.0 Å². The van der Waals surface area contributed by atoms with Crippen molar-refractivity contribution in [2.75, 3.05) is 19.0 Å². The highest BCUT2D eigenvalue weighted by molar-refractivity contribution is 5.91. The highest BCUT2D eigenvalue weighted by Crippen LogP contribution is 2.38. The minimum absolute atomic E-state index is 0.0308. The Bertz CT molecular complexity index is 1390. The Labute approximate surface area is 217 Å². The first-order valence-corrected chi connectivity index (χ1v) is 12.5. The van der Waals surface area contributed by atoms with Crippen LogP contribution in [0.25, 0.3) is 16.9 Å². The van der Waals surface area contributed by atoms with Crippen LogP contribution >= 0.6 is 0 Å². The van der Waals surface area contributed by atoms with Crippen LogP contribution in [0.5, 0.6) is 0 Å². The molecule has 0 unspecified atom stereocenters. The Kier molecular flexibility index (Phi) is 7.18. The Morgan fingerprint density at radius 2 is 1.84 bits per heavy atom. The number of aromatic nitrogens is 4. The molecule has 190 valence electrons. The zero-order valence-electron chi connectivity index (χ0n) is 21.4. The van der Waals surface area contributed by atoms with Crippen LogP contribution in [0, 0.1) is 6.92 Å². The number of aryl methyl sites for hydroxylation is 1. The number of urea groups is 1. The molecule has 0 spiro atoms. The molecule has 0 aliphatic heterocycles. The summed E-state index contributed by atoms with van der Waals surface area (Å²) in [6.07, 6.45) is 7.51. The summed E-state index contributed by atoms with van der Waals surface area (Å²) >= 11 is 0. The third kappa shape index (κ3) is 5.34. The molecule has 2 aromatic carbocycles. The van der Waals surface area contributed by atoms with Gasteiger partial charge in [-0.1, -0.05) is 60.2 Å². The summed E-state index contributed by atoms with van der Waals surface area (Å²) in [6, 6.07) is 19.9. The number of methoxy groups -OCH3 is 1. The number of carbonyl (C=O) groups excluding carboxylic acids is 1. The quantitative estimate of drug-likeness (QED) is 0.344. The summed E-state index contributed by atoms with van der Waals surface area (Å²) in [4.78, 5) is 13.4. The van der Waals surface area contributed by atoms with Gasteiger partial charge in [-0.2, -0.15) is 10.2 Å². The zero-order chi connectivity index (χ0) is 25.8. The van der Waals surface area contributed by atoms with E-state index in [9.17, 15) is 4.79 Å². The standard InChI is InChI=1S/C29H32N6O2/c1-20-27(23-18-30-34(2)19-23)33-35(24-12-8-5-9-13-24)28(20)32-29(36)31-26-17-21(14-15-37-3)16-25(26)22-10-6-4-7-11-22/h4-14,18-19,25-26H,15-17H2,1-3H3,(H2,31,32,36)/t25-,26+/m0/s1. The van der Waals surface area contributed by atoms with Gasteiger partial charge in [0.2, 0.25) is 0 Å². The highest BCUT2D eigenvalue weighted by atomic mass is 16.5. The zero-order valence-corrected chi connectivity index (χ0v) is 21.4. The van der Waals surface area contributed by atoms with Gasteiger partial charge in [0.05, 0.1) is 18.5 Å². The third-order valence-electron chi connectivity index (χ3n) is 6.87. The highest BCUT2D eigenvalue weighted by Gasteiger charge is 2.33. The van der Waals surface area contributed by atoms with Crippen LogP contribution in [0.4, 0.5) is 10.6 Å². The Morgan fingerprint density at radius 3 is 2.51 bits per heavy atom. The van der Waals surface area contributed by atoms with Gasteiger partial charge in [-0.25, -0.2) is 9.48 Å². The molecule has 2 atom stereocenters. The smallest absolute Gasteiger partial charge is 0.320 e. The van der Waals surface area contributed by atoms with E-state index in [0.29, 0.717) is 12.4 Å². The van der Waals surface area contributed by atoms with Crippen LogP contribution in [0.15, 0.2) is 84.7 Å². The fourth-order valence-corrected chi connectivity index (χ4v) is 5.03. The van der Waals surface area contributed by atoms with Crippen molar-refractivity contribution in [3.63, 3.8) is 0 Å². The lowest BCUT2D eigenvalue weighted by molar-refractivity contribution is 0.233. The van der Waals surface area contributed by atoms with E-state index in [1.807, 2.05) is 68.7 Å². The van der Waals surface area contributed by atoms with Crippen molar-refractivity contribution < 1.29 is 9.53 Å². The summed E-state index contributed by atoms with van der Waals surface area (Å²) in [5, 5.41) is 15.5. The SMILES string of the molecule is COCC=C1C[C@@H](NC(=O)Nc2c(C)c(-c3cnn(C)c3)nn2-c2ccccc2)[C@H](c2ccccc2)C1. The van der Waals surface area contributed by atoms with Gasteiger partial charge in [0.25, 0.3) is 0 Å². The second-order valence-electron chi connectivity index (χ2n) is 9.42. The molecular weight excluding hydrogens is 464 g/mol. The van der Waals surface area contributed by atoms with E-state index in [-0.39, 0.29) is 18.0 Å². The van der Waals surface area contributed by atoms with Gasteiger partial charge in [-0.15, -0.1) is 0 Å². The molecule has 1 aliphatic carbocycles. The van der Waals surface area contributed by atoms with Crippen molar-refractivity contribution in [3.8, 4) is 16.9 Å². The van der Waals surface area contributed by atoms with Crippen molar-refractivity contribution in [1.82, 2.24) is 24.9 Å². The van der Waals surface area contributed by atoms with E-state index in [1.54, 1.807) is 22.7 Å². The van der Waals surface area contributed by atoms with Crippen molar-refractivity contribution in [2.24, 2.45) is 7.05 Å². The number of benzene rings is 2. The van der Waals surface area contributed by atoms with Crippen molar-refractivity contribution in [2.45, 2.75) is 31.7 Å². The summed E-state index contributed by atoms with van der Waals surface area (Å²) in [5.74, 6) is 0.827. The van der Waals surface area contributed by atoms with E-state index in [0.717, 1.165) is 35.3 Å². The van der Waals surface area contributed by atoms with Crippen LogP contribution < -0.4 is 10.6 Å². The van der Waals surface area contributed by atoms with Crippen molar-refractivity contribution >= 4 is 11.8 Å². The number of rotatable bonds is 7. The second-order valence-corrected chi connectivity index (χ2v) is 9.42. The van der Waals surface area contributed by atoms with Gasteiger partial charge in [0.1, 0.15) is 11.5 Å². The van der Waals surface area contributed by atoms with Gasteiger partial charge < -0.3 is 10.1 Å². The minimum atomic E-state index is -0.253. The lowest BCUT2D eigenvalue weighted by Crippen LogP contribution is -2.39. The fourth-order valence-electron chi connectivity index (χ4n) is 5.03. The first-order chi connectivity index (χ1) is 18.0. The number of hydrogen-bond acceptors (Lipinski definition) is 4. The predicted molar refractivity (Wildman–Crippen MR) is 145 cm³/mol. The van der Waals surface area contributed by atoms with Gasteiger partial charge in [0.15, 0.2) is 0 Å². The molecule has 0 bridgehead atoms. The molecule has 2 amide bonds. The molecule has 1 aliphatic rings. The van der Waals surface area contributed by atoms with Gasteiger partial charge in [0, 0.05) is 43.4 Å². The largest absolute Gasteiger partial charge is 0.381 e. The molecule has 8 heteroatoms. The van der Waals surface area contributed by atoms with Crippen molar-refractivity contribution in [3.05, 3.63) is 95.8 Å². The van der Waals surface area contributed by atoms with E-state index in [2.05, 4.69) is 33.9 Å². The molecule has 2 N–H and O–H groups in total. The lowest BCUT2D eigenvalue weighted by atomic mass is 9.94. The molecule has 37 heavy (non-hydrogen) atoms. The van der Waals surface area contributed by atoms with Crippen LogP contribution in [0.2, 0.25) is 0 Å². The molecule has 2 aromatic heterocycles. The normalized spacial score (nSPS) is 18.3. The van der Waals surface area contributed by atoms with Crippen LogP contribution in [0.3, 0.4) is 0 Å². The Balaban J connectivity index is 1.43. The van der Waals surface area contributed by atoms with Gasteiger partial charge in [-0.3, -0.25) is 10.00 Å². The second kappa shape index (κ2) is 10.8. The number of hydrogen-bond donors (Lipinski definition) is 2. The number of amides is 2. The molecular formula is C29H32N6O2. The Hall–Kier alpha value is -4.17. The molecule has 8 nitrogen and oxygen atoms in total. The van der Waals surface area contributed by atoms with Crippen LogP contribution in [-0.4, -0.2) is 45.4 Å². The average molecular weight is 497 g/mol. The number of nitrogens with zero attached hydrogens (tertiary/aromatic N) is 4. The average Bonchev–Trinajstić information content (AvgIpc) is 3.61. The molecule has 1 saturated carbocycles. The van der Waals surface area contributed by atoms with Gasteiger partial charge >= 0.3 is 6.03 Å². The molecule has 2 heterocycles. The summed E-state index contributed by atoms with van der Waals surface area (Å²) < 4.78 is 8.78. The summed E-state index contributed by atoms with van der Waals surface area (Å²) in [6.45, 7) is 2.54. The number of carbonyl (C=O) groups is 1. The predicted octanol–water partition coefficient (Wildman–Crippen LogP) is 5.22. The van der Waals surface area contributed by atoms with Crippen LogP contribution in [0.1, 0.15) is 29.9 Å². The minimum Gasteiger partial charge on any atom is -0.381 e. The van der Waals surface area contributed by atoms with E-state index >= 15 is 0 Å². The maximum atomic E-state index is 13.4. The van der Waals surface area contributed by atoms with Crippen molar-refractivity contribution in [1.29, 1.82) is 0 Å². The summed E-state index contributed by atoms with van der Waals surface area (Å²) in [5.41, 5.74) is 5.93. The summed E-state index contributed by atoms with van der Waals surface area (Å²) in [7, 11) is 3.57. The maximum absolute atomic E-state index is 13.4. The van der Waals surface area contributed by atoms with E-state index in [1.165, 1.54) is 11.1 Å². The number of para-hydroxylation sites is 1. The van der Waals surface area contributed by atoms with E-state index < -0.39 is 0 Å². The monoisotopic (exact) mass is 496 g/mol. The first-order valence-electron chi connectivity index (χ1n) is 12.5. The fraction of sp³-hybridized carbons (Fsp3) is 0.276. The molecule has 4 aromatic rings. The van der Waals surface area contributed by atoms with Crippen LogP contribution in [-0.2, 0) is 11.8 Å². The number of ether oxygens (including phenoxy) is 1. The Morgan fingerprint density at radius 1 is 1.11 bits per heavy atom. The molecule has 1 fully saturated rings. The number of nitrogens with one attached hydrogen (secondary N) is 2. The number of anilines is 1. The van der Waals surface area contributed by atoms with Gasteiger partial charge in [-0.05, 0) is 37.5 Å². The molecule has 0 radical (unpaired) electrons. The third-order valence-corrected chi connectivity index (χ3v) is 6.87. The molecule has 5 rings (SSSR count). The first kappa shape index (κ1) is 24.5. The maximum Gasteiger partial charge on any atom is 0.320 e. The lowest BCUT2D eigenvalue weighted by Gasteiger charge is -2.21. The molecule has 0 saturated heterocycles.